The average molecular weight is 156 g/mol. The molecule has 0 heterocycles. The van der Waals surface area contributed by atoms with Crippen LogP contribution in [0.4, 0.5) is 0 Å². The van der Waals surface area contributed by atoms with Crippen molar-refractivity contribution in [1.82, 2.24) is 0 Å². The van der Waals surface area contributed by atoms with Crippen molar-refractivity contribution in [2.75, 3.05) is 0 Å². The van der Waals surface area contributed by atoms with Gasteiger partial charge in [-0.15, -0.1) is 0 Å². The molecular weight excluding hydrogens is 140 g/mol. The van der Waals surface area contributed by atoms with Gasteiger partial charge in [-0.25, -0.2) is 4.79 Å². The van der Waals surface area contributed by atoms with Crippen LogP contribution >= 0.6 is 0 Å². The average Bonchev–Trinajstić information content (AvgIpc) is 1.86. The molecule has 0 aromatic rings. The van der Waals surface area contributed by atoms with E-state index in [-0.39, 0.29) is 0 Å². The van der Waals surface area contributed by atoms with E-state index in [9.17, 15) is 4.79 Å². The van der Waals surface area contributed by atoms with Crippen molar-refractivity contribution in [3.05, 3.63) is 11.6 Å². The highest BCUT2D eigenvalue weighted by atomic mass is 16.4. The van der Waals surface area contributed by atoms with Gasteiger partial charge in [0.05, 0.1) is 0 Å². The molecule has 2 heteroatoms. The molecular formula is C9H16O2. The van der Waals surface area contributed by atoms with Crippen molar-refractivity contribution in [1.29, 1.82) is 0 Å². The number of carbonyl (C=O) groups is 1. The van der Waals surface area contributed by atoms with Gasteiger partial charge in [0.15, 0.2) is 0 Å². The minimum Gasteiger partial charge on any atom is -0.478 e. The van der Waals surface area contributed by atoms with Gasteiger partial charge in [0, 0.05) is 6.08 Å². The summed E-state index contributed by atoms with van der Waals surface area (Å²) >= 11 is 0. The maximum absolute atomic E-state index is 10.3. The number of hydrogen-bond donors (Lipinski definition) is 1. The van der Waals surface area contributed by atoms with Crippen molar-refractivity contribution in [2.24, 2.45) is 5.92 Å². The largest absolute Gasteiger partial charge is 0.478 e. The molecule has 1 N–H and O–H groups in total. The van der Waals surface area contributed by atoms with Crippen molar-refractivity contribution >= 4 is 5.97 Å². The molecule has 0 aliphatic heterocycles. The first-order chi connectivity index (χ1) is 5.07. The van der Waals surface area contributed by atoms with E-state index in [1.54, 1.807) is 0 Å². The smallest absolute Gasteiger partial charge is 0.328 e. The first-order valence-electron chi connectivity index (χ1n) is 4.01. The summed E-state index contributed by atoms with van der Waals surface area (Å²) in [6, 6.07) is 0. The van der Waals surface area contributed by atoms with Crippen LogP contribution in [0.1, 0.15) is 33.6 Å². The monoisotopic (exact) mass is 156 g/mol. The molecule has 0 aromatic heterocycles. The van der Waals surface area contributed by atoms with Crippen LogP contribution in [0.25, 0.3) is 0 Å². The van der Waals surface area contributed by atoms with Crippen LogP contribution in [0.5, 0.6) is 0 Å². The molecule has 0 radical (unpaired) electrons. The third-order valence-electron chi connectivity index (χ3n) is 1.59. The molecule has 0 spiro atoms. The highest BCUT2D eigenvalue weighted by Gasteiger charge is 2.03. The quantitative estimate of drug-likeness (QED) is 0.635. The standard InChI is InChI=1S/C9H16O2/c1-4-5-8(7(2)3)6-9(10)11/h6-7H,4-5H2,1-3H3,(H,10,11)/b8-6-. The predicted molar refractivity (Wildman–Crippen MR) is 45.5 cm³/mol. The number of rotatable bonds is 4. The summed E-state index contributed by atoms with van der Waals surface area (Å²) in [7, 11) is 0. The van der Waals surface area contributed by atoms with Gasteiger partial charge < -0.3 is 5.11 Å². The van der Waals surface area contributed by atoms with Crippen LogP contribution in [-0.4, -0.2) is 11.1 Å². The van der Waals surface area contributed by atoms with E-state index in [1.807, 2.05) is 13.8 Å². The summed E-state index contributed by atoms with van der Waals surface area (Å²) in [4.78, 5) is 10.3. The Balaban J connectivity index is 4.20. The van der Waals surface area contributed by atoms with Crippen molar-refractivity contribution in [2.45, 2.75) is 33.6 Å². The molecule has 0 fully saturated rings. The highest BCUT2D eigenvalue weighted by molar-refractivity contribution is 5.80. The summed E-state index contributed by atoms with van der Waals surface area (Å²) in [5.41, 5.74) is 1.03. The minimum atomic E-state index is -0.831. The lowest BCUT2D eigenvalue weighted by Gasteiger charge is -2.07. The normalized spacial score (nSPS) is 12.2. The zero-order valence-corrected chi connectivity index (χ0v) is 7.42. The maximum atomic E-state index is 10.3. The highest BCUT2D eigenvalue weighted by Crippen LogP contribution is 2.14. The molecule has 0 amide bonds. The SMILES string of the molecule is CCC/C(=C/C(=O)O)C(C)C. The van der Waals surface area contributed by atoms with E-state index < -0.39 is 5.97 Å². The van der Waals surface area contributed by atoms with Crippen molar-refractivity contribution in [3.63, 3.8) is 0 Å². The van der Waals surface area contributed by atoms with E-state index in [4.69, 9.17) is 5.11 Å². The van der Waals surface area contributed by atoms with Gasteiger partial charge in [-0.2, -0.15) is 0 Å². The Morgan fingerprint density at radius 1 is 1.55 bits per heavy atom. The van der Waals surface area contributed by atoms with Gasteiger partial charge >= 0.3 is 5.97 Å². The third-order valence-corrected chi connectivity index (χ3v) is 1.59. The zero-order chi connectivity index (χ0) is 8.85. The van der Waals surface area contributed by atoms with Gasteiger partial charge in [-0.3, -0.25) is 0 Å². The third kappa shape index (κ3) is 4.59. The van der Waals surface area contributed by atoms with Crippen LogP contribution in [0.2, 0.25) is 0 Å². The Morgan fingerprint density at radius 2 is 2.09 bits per heavy atom. The Morgan fingerprint density at radius 3 is 2.36 bits per heavy atom. The molecule has 0 saturated carbocycles. The van der Waals surface area contributed by atoms with E-state index >= 15 is 0 Å². The number of carboxylic acid groups (broad SMARTS) is 1. The van der Waals surface area contributed by atoms with Crippen LogP contribution < -0.4 is 0 Å². The molecule has 64 valence electrons. The molecule has 0 unspecified atom stereocenters. The van der Waals surface area contributed by atoms with Gasteiger partial charge in [0.1, 0.15) is 0 Å². The number of aliphatic carboxylic acids is 1. The molecule has 11 heavy (non-hydrogen) atoms. The Bertz CT molecular complexity index is 157. The summed E-state index contributed by atoms with van der Waals surface area (Å²) in [5, 5.41) is 8.48. The molecule has 0 aromatic carbocycles. The fraction of sp³-hybridized carbons (Fsp3) is 0.667. The summed E-state index contributed by atoms with van der Waals surface area (Å²) in [6.07, 6.45) is 3.23. The molecule has 0 bridgehead atoms. The van der Waals surface area contributed by atoms with Gasteiger partial charge in [-0.05, 0) is 12.3 Å². The van der Waals surface area contributed by atoms with E-state index in [0.29, 0.717) is 5.92 Å². The lowest BCUT2D eigenvalue weighted by molar-refractivity contribution is -0.131. The maximum Gasteiger partial charge on any atom is 0.328 e. The van der Waals surface area contributed by atoms with Crippen LogP contribution in [0, 0.1) is 5.92 Å². The van der Waals surface area contributed by atoms with E-state index in [0.717, 1.165) is 18.4 Å². The zero-order valence-electron chi connectivity index (χ0n) is 7.42. The second-order valence-electron chi connectivity index (χ2n) is 2.96. The molecule has 0 atom stereocenters. The first-order valence-corrected chi connectivity index (χ1v) is 4.01. The second-order valence-corrected chi connectivity index (χ2v) is 2.96. The number of hydrogen-bond acceptors (Lipinski definition) is 1. The van der Waals surface area contributed by atoms with E-state index in [1.165, 1.54) is 6.08 Å². The number of allylic oxidation sites excluding steroid dienone is 1. The Labute approximate surface area is 67.9 Å². The summed E-state index contributed by atoms with van der Waals surface area (Å²) < 4.78 is 0. The fourth-order valence-corrected chi connectivity index (χ4v) is 0.975. The van der Waals surface area contributed by atoms with Gasteiger partial charge in [0.25, 0.3) is 0 Å². The lowest BCUT2D eigenvalue weighted by Crippen LogP contribution is -1.98. The fourth-order valence-electron chi connectivity index (χ4n) is 0.975. The van der Waals surface area contributed by atoms with E-state index in [2.05, 4.69) is 6.92 Å². The first kappa shape index (κ1) is 10.2. The summed E-state index contributed by atoms with van der Waals surface area (Å²) in [5.74, 6) is -0.479. The molecule has 0 aliphatic carbocycles. The van der Waals surface area contributed by atoms with Crippen LogP contribution in [-0.2, 0) is 4.79 Å². The van der Waals surface area contributed by atoms with Gasteiger partial charge in [-0.1, -0.05) is 32.8 Å². The number of carboxylic acids is 1. The molecule has 0 saturated heterocycles. The molecule has 0 rings (SSSR count). The topological polar surface area (TPSA) is 37.3 Å². The van der Waals surface area contributed by atoms with Crippen molar-refractivity contribution < 1.29 is 9.90 Å². The summed E-state index contributed by atoms with van der Waals surface area (Å²) in [6.45, 7) is 6.09. The second kappa shape index (κ2) is 4.94. The predicted octanol–water partition coefficient (Wildman–Crippen LogP) is 2.45. The Hall–Kier alpha value is -0.790. The molecule has 0 aliphatic rings. The lowest BCUT2D eigenvalue weighted by atomic mass is 9.98. The van der Waals surface area contributed by atoms with Crippen molar-refractivity contribution in [3.8, 4) is 0 Å². The minimum absolute atomic E-state index is 0.353. The Kier molecular flexibility index (Phi) is 4.59. The van der Waals surface area contributed by atoms with Gasteiger partial charge in [0.2, 0.25) is 0 Å². The van der Waals surface area contributed by atoms with Crippen LogP contribution in [0.3, 0.4) is 0 Å². The van der Waals surface area contributed by atoms with Crippen LogP contribution in [0.15, 0.2) is 11.6 Å². The molecule has 2 nitrogen and oxygen atoms in total.